The Hall–Kier alpha value is 1.88. The zero-order chi connectivity index (χ0) is 11.6. The van der Waals surface area contributed by atoms with E-state index in [2.05, 4.69) is 77.6 Å². The van der Waals surface area contributed by atoms with Crippen LogP contribution in [0.3, 0.4) is 0 Å². The van der Waals surface area contributed by atoms with E-state index >= 15 is 0 Å². The number of rotatable bonds is 1. The van der Waals surface area contributed by atoms with Gasteiger partial charge in [-0.1, -0.05) is 77.6 Å². The molecule has 2 aliphatic rings. The van der Waals surface area contributed by atoms with E-state index in [-0.39, 0.29) is 29.8 Å². The number of fused-ring (bicyclic) bond motifs is 2. The first-order valence-electron chi connectivity index (χ1n) is 5.00. The van der Waals surface area contributed by atoms with Crippen molar-refractivity contribution in [2.75, 3.05) is 0 Å². The molecule has 0 aromatic carbocycles. The van der Waals surface area contributed by atoms with E-state index in [0.29, 0.717) is 0 Å². The van der Waals surface area contributed by atoms with Crippen LogP contribution in [0, 0.1) is 10.8 Å². The van der Waals surface area contributed by atoms with Crippen molar-refractivity contribution < 1.29 is 5.11 Å². The van der Waals surface area contributed by atoms with Crippen molar-refractivity contribution in [3.8, 4) is 0 Å². The van der Waals surface area contributed by atoms with Crippen molar-refractivity contribution in [3.63, 3.8) is 0 Å². The summed E-state index contributed by atoms with van der Waals surface area (Å²) in [4.78, 5) is 0.284. The molecule has 0 radical (unpaired) electrons. The fraction of sp³-hybridized carbons (Fsp3) is 1.00. The molecule has 0 aromatic heterocycles. The molecule has 0 aliphatic heterocycles. The minimum Gasteiger partial charge on any atom is -0.391 e. The molecule has 0 unspecified atom stereocenters. The molecule has 0 aromatic rings. The molecule has 1 nitrogen and oxygen atoms in total. The second kappa shape index (κ2) is 3.69. The molecule has 88 valence electrons. The van der Waals surface area contributed by atoms with Crippen LogP contribution in [0.4, 0.5) is 0 Å². The third-order valence-corrected chi connectivity index (χ3v) is 9.69. The minimum atomic E-state index is -0.319. The lowest BCUT2D eigenvalue weighted by Crippen LogP contribution is -2.48. The third-order valence-electron chi connectivity index (χ3n) is 4.52. The SMILES string of the molecule is CC1(C)[C@@H](O)[C@@]2(Br)CC[C@@]1(C(Br)Br)[C@@H]2Br. The molecule has 0 saturated heterocycles. The van der Waals surface area contributed by atoms with Crippen LogP contribution in [0.15, 0.2) is 0 Å². The van der Waals surface area contributed by atoms with Crippen molar-refractivity contribution in [2.24, 2.45) is 10.8 Å². The number of hydrogen-bond acceptors (Lipinski definition) is 1. The first-order valence-corrected chi connectivity index (χ1v) is 8.54. The molecule has 2 fully saturated rings. The second-order valence-electron chi connectivity index (χ2n) is 5.25. The summed E-state index contributed by atoms with van der Waals surface area (Å²) in [7, 11) is 0. The Bertz CT molecular complexity index is 293. The smallest absolute Gasteiger partial charge is 0.0771 e. The van der Waals surface area contributed by atoms with Crippen molar-refractivity contribution in [2.45, 2.75) is 45.7 Å². The minimum absolute atomic E-state index is 0.0515. The van der Waals surface area contributed by atoms with Crippen molar-refractivity contribution in [3.05, 3.63) is 0 Å². The normalized spacial score (nSPS) is 52.8. The van der Waals surface area contributed by atoms with Crippen LogP contribution < -0.4 is 0 Å². The summed E-state index contributed by atoms with van der Waals surface area (Å²) < 4.78 is 0.0458. The van der Waals surface area contributed by atoms with Gasteiger partial charge in [0.15, 0.2) is 0 Å². The number of alkyl halides is 4. The van der Waals surface area contributed by atoms with Crippen LogP contribution in [0.1, 0.15) is 26.7 Å². The maximum Gasteiger partial charge on any atom is 0.0771 e. The quantitative estimate of drug-likeness (QED) is 0.571. The van der Waals surface area contributed by atoms with Gasteiger partial charge in [0.25, 0.3) is 0 Å². The highest BCUT2D eigenvalue weighted by atomic mass is 79.9. The summed E-state index contributed by atoms with van der Waals surface area (Å²) >= 11 is 14.9. The van der Waals surface area contributed by atoms with Gasteiger partial charge in [-0.15, -0.1) is 0 Å². The summed E-state index contributed by atoms with van der Waals surface area (Å²) in [5, 5.41) is 10.5. The highest BCUT2D eigenvalue weighted by Crippen LogP contribution is 2.73. The van der Waals surface area contributed by atoms with Crippen molar-refractivity contribution >= 4 is 63.7 Å². The fourth-order valence-electron chi connectivity index (χ4n) is 3.36. The first kappa shape index (κ1) is 13.3. The highest BCUT2D eigenvalue weighted by Gasteiger charge is 2.75. The van der Waals surface area contributed by atoms with Gasteiger partial charge in [-0.05, 0) is 12.8 Å². The molecule has 0 spiro atoms. The summed E-state index contributed by atoms with van der Waals surface area (Å²) in [5.41, 5.74) is -0.0590. The van der Waals surface area contributed by atoms with Gasteiger partial charge in [0.2, 0.25) is 0 Å². The average Bonchev–Trinajstić information content (AvgIpc) is 2.45. The Morgan fingerprint density at radius 2 is 1.80 bits per heavy atom. The predicted molar refractivity (Wildman–Crippen MR) is 77.5 cm³/mol. The zero-order valence-corrected chi connectivity index (χ0v) is 14.9. The van der Waals surface area contributed by atoms with E-state index in [0.717, 1.165) is 12.8 Å². The van der Waals surface area contributed by atoms with Crippen LogP contribution in [0.25, 0.3) is 0 Å². The lowest BCUT2D eigenvalue weighted by atomic mass is 9.65. The molecule has 0 heterocycles. The summed E-state index contributed by atoms with van der Waals surface area (Å²) in [6, 6.07) is 0. The average molecular weight is 470 g/mol. The maximum atomic E-state index is 10.5. The van der Waals surface area contributed by atoms with Crippen LogP contribution in [0.2, 0.25) is 0 Å². The van der Waals surface area contributed by atoms with E-state index in [9.17, 15) is 5.11 Å². The topological polar surface area (TPSA) is 20.2 Å². The van der Waals surface area contributed by atoms with E-state index < -0.39 is 0 Å². The van der Waals surface area contributed by atoms with Gasteiger partial charge in [0.1, 0.15) is 0 Å². The van der Waals surface area contributed by atoms with E-state index in [1.54, 1.807) is 0 Å². The molecular formula is C10H14Br4O. The first-order chi connectivity index (χ1) is 6.71. The Labute approximate surface area is 124 Å². The Morgan fingerprint density at radius 3 is 2.07 bits per heavy atom. The van der Waals surface area contributed by atoms with Gasteiger partial charge in [-0.3, -0.25) is 0 Å². The lowest BCUT2D eigenvalue weighted by molar-refractivity contribution is -0.0213. The summed E-state index contributed by atoms with van der Waals surface area (Å²) in [6.45, 7) is 4.31. The molecule has 5 heteroatoms. The van der Waals surface area contributed by atoms with Gasteiger partial charge in [0.05, 0.1) is 14.2 Å². The van der Waals surface area contributed by atoms with Gasteiger partial charge in [0, 0.05) is 15.7 Å². The van der Waals surface area contributed by atoms with Crippen LogP contribution >= 0.6 is 63.7 Å². The van der Waals surface area contributed by atoms with E-state index in [4.69, 9.17) is 0 Å². The van der Waals surface area contributed by atoms with Crippen LogP contribution in [-0.2, 0) is 0 Å². The number of halogens is 4. The molecule has 2 rings (SSSR count). The number of aliphatic hydroxyl groups excluding tert-OH is 1. The molecule has 2 saturated carbocycles. The fourth-order valence-corrected chi connectivity index (χ4v) is 8.98. The molecule has 15 heavy (non-hydrogen) atoms. The number of hydrogen-bond donors (Lipinski definition) is 1. The Kier molecular flexibility index (Phi) is 3.27. The molecule has 2 bridgehead atoms. The molecule has 2 aliphatic carbocycles. The Morgan fingerprint density at radius 1 is 1.27 bits per heavy atom. The van der Waals surface area contributed by atoms with Crippen LogP contribution in [-0.4, -0.2) is 24.1 Å². The number of aliphatic hydroxyl groups is 1. The van der Waals surface area contributed by atoms with E-state index in [1.165, 1.54) is 0 Å². The lowest BCUT2D eigenvalue weighted by Gasteiger charge is -2.46. The van der Waals surface area contributed by atoms with Gasteiger partial charge < -0.3 is 5.11 Å². The Balaban J connectivity index is 2.56. The van der Waals surface area contributed by atoms with Crippen LogP contribution in [0.5, 0.6) is 0 Å². The maximum absolute atomic E-state index is 10.5. The zero-order valence-electron chi connectivity index (χ0n) is 8.61. The standard InChI is InChI=1S/C10H14Br4O/c1-8(2)6(15)10(14)4-3-9(8,5(10)11)7(12)13/h5-7,15H,3-4H2,1-2H3/t5-,6+,9-,10+/m0/s1. The second-order valence-corrected chi connectivity index (χ2v) is 10.7. The molecule has 0 amide bonds. The highest BCUT2D eigenvalue weighted by molar-refractivity contribution is 9.24. The molecule has 1 N–H and O–H groups in total. The largest absolute Gasteiger partial charge is 0.391 e. The van der Waals surface area contributed by atoms with Crippen molar-refractivity contribution in [1.29, 1.82) is 0 Å². The summed E-state index contributed by atoms with van der Waals surface area (Å²) in [6.07, 6.45) is 1.81. The van der Waals surface area contributed by atoms with Gasteiger partial charge in [-0.2, -0.15) is 0 Å². The third kappa shape index (κ3) is 1.33. The molecule has 4 atom stereocenters. The monoisotopic (exact) mass is 466 g/mol. The summed E-state index contributed by atoms with van der Waals surface area (Å²) in [5.74, 6) is 0. The van der Waals surface area contributed by atoms with E-state index in [1.807, 2.05) is 0 Å². The molecular weight excluding hydrogens is 456 g/mol. The van der Waals surface area contributed by atoms with Gasteiger partial charge in [-0.25, -0.2) is 0 Å². The predicted octanol–water partition coefficient (Wildman–Crippen LogP) is 4.18. The van der Waals surface area contributed by atoms with Gasteiger partial charge >= 0.3 is 0 Å². The van der Waals surface area contributed by atoms with Crippen molar-refractivity contribution in [1.82, 2.24) is 0 Å².